The summed E-state index contributed by atoms with van der Waals surface area (Å²) in [6.45, 7) is -2.14. The average molecular weight is 466 g/mol. The maximum atomic E-state index is 14.0. The van der Waals surface area contributed by atoms with Gasteiger partial charge in [0.2, 0.25) is 0 Å². The molecule has 0 aliphatic carbocycles. The largest absolute Gasteiger partial charge is 0.466 e. The van der Waals surface area contributed by atoms with Crippen LogP contribution in [-0.2, 0) is 9.53 Å². The third-order valence-electron chi connectivity index (χ3n) is 4.22. The zero-order chi connectivity index (χ0) is 22.9. The third-order valence-corrected chi connectivity index (χ3v) is 4.51. The fourth-order valence-electron chi connectivity index (χ4n) is 2.87. The van der Waals surface area contributed by atoms with Gasteiger partial charge in [0.25, 0.3) is 11.8 Å². The van der Waals surface area contributed by atoms with Crippen LogP contribution in [-0.4, -0.2) is 47.3 Å². The molecule has 31 heavy (non-hydrogen) atoms. The number of halogens is 6. The maximum Gasteiger partial charge on any atom is 0.422 e. The monoisotopic (exact) mass is 465 g/mol. The number of benzene rings is 1. The molecule has 1 aromatic heterocycles. The molecular formula is C18H13ClF5N3O4. The minimum atomic E-state index is -4.75. The normalized spacial score (nSPS) is 17.4. The number of carbonyl (C=O) groups is 2. The summed E-state index contributed by atoms with van der Waals surface area (Å²) >= 11 is 5.81. The van der Waals surface area contributed by atoms with Crippen molar-refractivity contribution in [1.29, 1.82) is 0 Å². The van der Waals surface area contributed by atoms with Crippen LogP contribution in [0.4, 0.5) is 26.7 Å². The SMILES string of the molecule is NC(=O)C1CN([C@H](c2ccc(F)c(Cl)c2)c2ccc(F)c(OCC(F)(F)F)n2)C(=O)O1. The second kappa shape index (κ2) is 8.53. The van der Waals surface area contributed by atoms with Gasteiger partial charge in [-0.25, -0.2) is 18.6 Å². The summed E-state index contributed by atoms with van der Waals surface area (Å²) < 4.78 is 74.2. The van der Waals surface area contributed by atoms with Crippen molar-refractivity contribution >= 4 is 23.6 Å². The number of aromatic nitrogens is 1. The number of primary amides is 1. The van der Waals surface area contributed by atoms with E-state index in [2.05, 4.69) is 9.72 Å². The van der Waals surface area contributed by atoms with Crippen molar-refractivity contribution in [1.82, 2.24) is 9.88 Å². The van der Waals surface area contributed by atoms with E-state index < -0.39 is 54.4 Å². The Kier molecular flexibility index (Phi) is 6.20. The number of nitrogens with zero attached hydrogens (tertiary/aromatic N) is 2. The van der Waals surface area contributed by atoms with Crippen molar-refractivity contribution in [3.63, 3.8) is 0 Å². The van der Waals surface area contributed by atoms with Crippen LogP contribution < -0.4 is 10.5 Å². The number of amides is 2. The molecule has 0 spiro atoms. The van der Waals surface area contributed by atoms with E-state index in [4.69, 9.17) is 22.1 Å². The maximum absolute atomic E-state index is 14.0. The van der Waals surface area contributed by atoms with Crippen LogP contribution >= 0.6 is 11.6 Å². The summed E-state index contributed by atoms with van der Waals surface area (Å²) in [6, 6.07) is 4.01. The number of hydrogen-bond donors (Lipinski definition) is 1. The Morgan fingerprint density at radius 3 is 2.55 bits per heavy atom. The summed E-state index contributed by atoms with van der Waals surface area (Å²) in [5.74, 6) is -3.85. The smallest absolute Gasteiger partial charge is 0.422 e. The van der Waals surface area contributed by atoms with Crippen LogP contribution in [0, 0.1) is 11.6 Å². The molecule has 0 saturated carbocycles. The minimum absolute atomic E-state index is 0.150. The first-order valence-corrected chi connectivity index (χ1v) is 8.91. The van der Waals surface area contributed by atoms with Crippen molar-refractivity contribution in [2.45, 2.75) is 18.3 Å². The van der Waals surface area contributed by atoms with Gasteiger partial charge in [0.15, 0.2) is 18.5 Å². The lowest BCUT2D eigenvalue weighted by atomic mass is 10.0. The fraction of sp³-hybridized carbons (Fsp3) is 0.278. The molecule has 2 amide bonds. The fourth-order valence-corrected chi connectivity index (χ4v) is 3.06. The predicted molar refractivity (Wildman–Crippen MR) is 95.2 cm³/mol. The Labute approximate surface area is 176 Å². The predicted octanol–water partition coefficient (Wildman–Crippen LogP) is 3.35. The van der Waals surface area contributed by atoms with Crippen LogP contribution in [0.2, 0.25) is 5.02 Å². The molecule has 1 saturated heterocycles. The van der Waals surface area contributed by atoms with Gasteiger partial charge in [0.05, 0.1) is 17.3 Å². The second-order valence-electron chi connectivity index (χ2n) is 6.43. The zero-order valence-corrected chi connectivity index (χ0v) is 16.1. The van der Waals surface area contributed by atoms with Crippen LogP contribution in [0.3, 0.4) is 0 Å². The molecule has 7 nitrogen and oxygen atoms in total. The number of cyclic esters (lactones) is 1. The van der Waals surface area contributed by atoms with Gasteiger partial charge in [0, 0.05) is 0 Å². The Morgan fingerprint density at radius 2 is 1.97 bits per heavy atom. The molecule has 2 N–H and O–H groups in total. The van der Waals surface area contributed by atoms with Gasteiger partial charge < -0.3 is 15.2 Å². The van der Waals surface area contributed by atoms with Crippen molar-refractivity contribution < 1.29 is 41.0 Å². The molecule has 166 valence electrons. The molecular weight excluding hydrogens is 453 g/mol. The molecule has 1 aliphatic heterocycles. The molecule has 0 radical (unpaired) electrons. The van der Waals surface area contributed by atoms with Crippen LogP contribution in [0.5, 0.6) is 5.88 Å². The van der Waals surface area contributed by atoms with Crippen molar-refractivity contribution in [2.75, 3.05) is 13.2 Å². The molecule has 2 heterocycles. The molecule has 3 rings (SSSR count). The Morgan fingerprint density at radius 1 is 1.29 bits per heavy atom. The van der Waals surface area contributed by atoms with Gasteiger partial charge in [0.1, 0.15) is 11.9 Å². The van der Waals surface area contributed by atoms with Crippen LogP contribution in [0.15, 0.2) is 30.3 Å². The summed E-state index contributed by atoms with van der Waals surface area (Å²) in [7, 11) is 0. The van der Waals surface area contributed by atoms with Gasteiger partial charge >= 0.3 is 12.3 Å². The highest BCUT2D eigenvalue weighted by molar-refractivity contribution is 6.30. The molecule has 1 unspecified atom stereocenters. The first-order chi connectivity index (χ1) is 14.5. The summed E-state index contributed by atoms with van der Waals surface area (Å²) in [6.07, 6.45) is -7.06. The molecule has 1 fully saturated rings. The van der Waals surface area contributed by atoms with Gasteiger partial charge in [-0.15, -0.1) is 0 Å². The van der Waals surface area contributed by atoms with E-state index in [0.29, 0.717) is 0 Å². The number of alkyl halides is 3. The van der Waals surface area contributed by atoms with E-state index in [9.17, 15) is 31.5 Å². The van der Waals surface area contributed by atoms with Gasteiger partial charge in [-0.3, -0.25) is 9.69 Å². The summed E-state index contributed by atoms with van der Waals surface area (Å²) in [5.41, 5.74) is 5.17. The summed E-state index contributed by atoms with van der Waals surface area (Å²) in [4.78, 5) is 28.5. The van der Waals surface area contributed by atoms with Crippen molar-refractivity contribution in [3.05, 3.63) is 58.2 Å². The standard InChI is InChI=1S/C18H13ClF5N3O4/c19-9-5-8(1-2-10(9)20)14(27-6-13(15(25)28)31-17(27)29)12-4-3-11(21)16(26-12)30-7-18(22,23)24/h1-5,13-14H,6-7H2,(H2,25,28)/t13?,14-/m1/s1. The van der Waals surface area contributed by atoms with E-state index >= 15 is 0 Å². The minimum Gasteiger partial charge on any atom is -0.466 e. The lowest BCUT2D eigenvalue weighted by Crippen LogP contribution is -2.35. The van der Waals surface area contributed by atoms with Crippen LogP contribution in [0.1, 0.15) is 17.3 Å². The molecule has 1 aromatic carbocycles. The average Bonchev–Trinajstić information content (AvgIpc) is 3.06. The van der Waals surface area contributed by atoms with Gasteiger partial charge in [-0.2, -0.15) is 13.2 Å². The Balaban J connectivity index is 2.05. The van der Waals surface area contributed by atoms with E-state index in [0.717, 1.165) is 29.2 Å². The van der Waals surface area contributed by atoms with Gasteiger partial charge in [-0.05, 0) is 29.8 Å². The summed E-state index contributed by atoms with van der Waals surface area (Å²) in [5, 5.41) is -0.322. The van der Waals surface area contributed by atoms with Crippen LogP contribution in [0.25, 0.3) is 0 Å². The Bertz CT molecular complexity index is 1020. The quantitative estimate of drug-likeness (QED) is 0.660. The lowest BCUT2D eigenvalue weighted by molar-refractivity contribution is -0.154. The molecule has 2 atom stereocenters. The topological polar surface area (TPSA) is 94.8 Å². The Hall–Kier alpha value is -3.15. The lowest BCUT2D eigenvalue weighted by Gasteiger charge is -2.26. The van der Waals surface area contributed by atoms with E-state index in [1.807, 2.05) is 0 Å². The second-order valence-corrected chi connectivity index (χ2v) is 6.84. The van der Waals surface area contributed by atoms with Gasteiger partial charge in [-0.1, -0.05) is 17.7 Å². The number of rotatable bonds is 6. The molecule has 2 aromatic rings. The molecule has 1 aliphatic rings. The highest BCUT2D eigenvalue weighted by Crippen LogP contribution is 2.34. The zero-order valence-electron chi connectivity index (χ0n) is 15.3. The first kappa shape index (κ1) is 22.5. The van der Waals surface area contributed by atoms with E-state index in [1.165, 1.54) is 6.07 Å². The molecule has 0 bridgehead atoms. The first-order valence-electron chi connectivity index (χ1n) is 8.54. The number of hydrogen-bond acceptors (Lipinski definition) is 5. The molecule has 13 heteroatoms. The highest BCUT2D eigenvalue weighted by atomic mass is 35.5. The third kappa shape index (κ3) is 5.13. The van der Waals surface area contributed by atoms with E-state index in [-0.39, 0.29) is 22.8 Å². The number of carbonyl (C=O) groups excluding carboxylic acids is 2. The number of ether oxygens (including phenoxy) is 2. The highest BCUT2D eigenvalue weighted by Gasteiger charge is 2.41. The van der Waals surface area contributed by atoms with Crippen molar-refractivity contribution in [2.24, 2.45) is 5.73 Å². The van der Waals surface area contributed by atoms with E-state index in [1.54, 1.807) is 0 Å². The number of pyridine rings is 1. The van der Waals surface area contributed by atoms with Crippen molar-refractivity contribution in [3.8, 4) is 5.88 Å². The number of nitrogens with two attached hydrogens (primary N) is 1.